The molecular formula is C18H16N4O2. The Balaban J connectivity index is 2.06. The molecule has 2 aromatic heterocycles. The Labute approximate surface area is 137 Å². The quantitative estimate of drug-likeness (QED) is 0.569. The van der Waals surface area contributed by atoms with Crippen LogP contribution in [0.2, 0.25) is 0 Å². The zero-order valence-electron chi connectivity index (χ0n) is 13.3. The summed E-state index contributed by atoms with van der Waals surface area (Å²) in [6, 6.07) is 11.2. The average molecular weight is 320 g/mol. The van der Waals surface area contributed by atoms with Gasteiger partial charge in [0.2, 0.25) is 0 Å². The highest BCUT2D eigenvalue weighted by atomic mass is 16.1. The first-order valence-corrected chi connectivity index (χ1v) is 7.77. The van der Waals surface area contributed by atoms with Crippen molar-refractivity contribution in [3.63, 3.8) is 0 Å². The zero-order valence-corrected chi connectivity index (χ0v) is 13.3. The summed E-state index contributed by atoms with van der Waals surface area (Å²) in [7, 11) is 0. The van der Waals surface area contributed by atoms with Crippen molar-refractivity contribution >= 4 is 28.4 Å². The highest BCUT2D eigenvalue weighted by Gasteiger charge is 2.16. The number of aromatic nitrogens is 4. The minimum atomic E-state index is -0.232. The van der Waals surface area contributed by atoms with E-state index < -0.39 is 0 Å². The van der Waals surface area contributed by atoms with Gasteiger partial charge in [0.05, 0.1) is 22.1 Å². The van der Waals surface area contributed by atoms with E-state index in [1.54, 1.807) is 6.07 Å². The molecular weight excluding hydrogens is 304 g/mol. The summed E-state index contributed by atoms with van der Waals surface area (Å²) in [5.74, 6) is 1.11. The van der Waals surface area contributed by atoms with E-state index >= 15 is 0 Å². The van der Waals surface area contributed by atoms with Gasteiger partial charge in [-0.1, -0.05) is 13.8 Å². The standard InChI is InChI=1S/C18H16N4O2/c1-10(2)17-19-14-5-3-11(9-23)7-16(14)22(17)12-4-6-13-15(8-12)21-18(24)20-13/h3-10H,1-2H3,(H2,20,21,24). The molecule has 0 bridgehead atoms. The van der Waals surface area contributed by atoms with Crippen molar-refractivity contribution in [1.29, 1.82) is 0 Å². The summed E-state index contributed by atoms with van der Waals surface area (Å²) in [6.45, 7) is 4.16. The molecule has 0 saturated heterocycles. The van der Waals surface area contributed by atoms with Crippen LogP contribution in [-0.4, -0.2) is 25.8 Å². The number of rotatable bonds is 3. The molecule has 0 spiro atoms. The number of aromatic amines is 2. The molecule has 0 aliphatic carbocycles. The summed E-state index contributed by atoms with van der Waals surface area (Å²) < 4.78 is 2.04. The molecule has 2 aromatic carbocycles. The fourth-order valence-electron chi connectivity index (χ4n) is 3.00. The number of hydrogen-bond acceptors (Lipinski definition) is 3. The smallest absolute Gasteiger partial charge is 0.306 e. The normalized spacial score (nSPS) is 11.6. The molecule has 2 heterocycles. The Morgan fingerprint density at radius 1 is 1.08 bits per heavy atom. The van der Waals surface area contributed by atoms with Crippen LogP contribution < -0.4 is 5.69 Å². The van der Waals surface area contributed by atoms with Crippen LogP contribution >= 0.6 is 0 Å². The number of carbonyl (C=O) groups excluding carboxylic acids is 1. The van der Waals surface area contributed by atoms with Gasteiger partial charge in [0.15, 0.2) is 0 Å². The number of imidazole rings is 2. The van der Waals surface area contributed by atoms with Crippen LogP contribution in [0.5, 0.6) is 0 Å². The molecule has 0 saturated carbocycles. The SMILES string of the molecule is CC(C)c1nc2ccc(C=O)cc2n1-c1ccc2[nH]c(=O)[nH]c2c1. The van der Waals surface area contributed by atoms with Gasteiger partial charge < -0.3 is 9.97 Å². The molecule has 0 aliphatic heterocycles. The van der Waals surface area contributed by atoms with E-state index in [0.29, 0.717) is 5.56 Å². The van der Waals surface area contributed by atoms with Gasteiger partial charge in [-0.05, 0) is 36.4 Å². The number of H-pyrrole nitrogens is 2. The highest BCUT2D eigenvalue weighted by Crippen LogP contribution is 2.27. The van der Waals surface area contributed by atoms with Crippen molar-refractivity contribution in [2.24, 2.45) is 0 Å². The van der Waals surface area contributed by atoms with Crippen LogP contribution in [0.15, 0.2) is 41.2 Å². The maximum Gasteiger partial charge on any atom is 0.323 e. The highest BCUT2D eigenvalue weighted by molar-refractivity contribution is 5.87. The first-order chi connectivity index (χ1) is 11.6. The van der Waals surface area contributed by atoms with Crippen LogP contribution in [-0.2, 0) is 0 Å². The molecule has 0 atom stereocenters. The average Bonchev–Trinajstić information content (AvgIpc) is 3.12. The second kappa shape index (κ2) is 5.19. The molecule has 0 unspecified atom stereocenters. The second-order valence-corrected chi connectivity index (χ2v) is 6.14. The number of fused-ring (bicyclic) bond motifs is 2. The number of nitrogens with one attached hydrogen (secondary N) is 2. The van der Waals surface area contributed by atoms with Gasteiger partial charge in [0, 0.05) is 17.2 Å². The summed E-state index contributed by atoms with van der Waals surface area (Å²) in [6.07, 6.45) is 0.832. The van der Waals surface area contributed by atoms with E-state index in [2.05, 4.69) is 23.8 Å². The van der Waals surface area contributed by atoms with Gasteiger partial charge in [-0.25, -0.2) is 9.78 Å². The summed E-state index contributed by atoms with van der Waals surface area (Å²) in [5, 5.41) is 0. The number of carbonyl (C=O) groups is 1. The molecule has 4 aromatic rings. The Morgan fingerprint density at radius 2 is 1.88 bits per heavy atom. The number of hydrogen-bond donors (Lipinski definition) is 2. The summed E-state index contributed by atoms with van der Waals surface area (Å²) in [4.78, 5) is 32.9. The lowest BCUT2D eigenvalue weighted by Crippen LogP contribution is -2.03. The zero-order chi connectivity index (χ0) is 16.8. The number of benzene rings is 2. The van der Waals surface area contributed by atoms with Crippen molar-refractivity contribution in [3.05, 3.63) is 58.3 Å². The molecule has 0 fully saturated rings. The minimum absolute atomic E-state index is 0.207. The third kappa shape index (κ3) is 2.15. The first-order valence-electron chi connectivity index (χ1n) is 7.77. The van der Waals surface area contributed by atoms with Crippen LogP contribution in [0.4, 0.5) is 0 Å². The van der Waals surface area contributed by atoms with E-state index in [1.807, 2.05) is 34.9 Å². The second-order valence-electron chi connectivity index (χ2n) is 6.14. The van der Waals surface area contributed by atoms with Crippen LogP contribution in [0.25, 0.3) is 27.8 Å². The van der Waals surface area contributed by atoms with E-state index in [4.69, 9.17) is 4.98 Å². The van der Waals surface area contributed by atoms with Crippen LogP contribution in [0.1, 0.15) is 35.9 Å². The molecule has 120 valence electrons. The van der Waals surface area contributed by atoms with Gasteiger partial charge in [-0.2, -0.15) is 0 Å². The molecule has 6 nitrogen and oxygen atoms in total. The molecule has 2 N–H and O–H groups in total. The summed E-state index contributed by atoms with van der Waals surface area (Å²) in [5.41, 5.74) is 4.48. The van der Waals surface area contributed by atoms with Gasteiger partial charge in [-0.15, -0.1) is 0 Å². The van der Waals surface area contributed by atoms with Gasteiger partial charge in [-0.3, -0.25) is 9.36 Å². The molecule has 4 rings (SSSR count). The number of aldehydes is 1. The lowest BCUT2D eigenvalue weighted by atomic mass is 10.2. The molecule has 0 aliphatic rings. The van der Waals surface area contributed by atoms with Gasteiger partial charge >= 0.3 is 5.69 Å². The lowest BCUT2D eigenvalue weighted by molar-refractivity contribution is 0.112. The van der Waals surface area contributed by atoms with Crippen molar-refractivity contribution in [2.75, 3.05) is 0 Å². The van der Waals surface area contributed by atoms with Crippen LogP contribution in [0, 0.1) is 0 Å². The third-order valence-corrected chi connectivity index (χ3v) is 4.11. The third-order valence-electron chi connectivity index (χ3n) is 4.11. The Kier molecular flexibility index (Phi) is 3.13. The maximum atomic E-state index is 11.5. The largest absolute Gasteiger partial charge is 0.323 e. The van der Waals surface area contributed by atoms with Crippen molar-refractivity contribution in [2.45, 2.75) is 19.8 Å². The molecule has 6 heteroatoms. The van der Waals surface area contributed by atoms with Crippen LogP contribution in [0.3, 0.4) is 0 Å². The fraction of sp³-hybridized carbons (Fsp3) is 0.167. The fourth-order valence-corrected chi connectivity index (χ4v) is 3.00. The Hall–Kier alpha value is -3.15. The molecule has 0 amide bonds. The van der Waals surface area contributed by atoms with Gasteiger partial charge in [0.1, 0.15) is 12.1 Å². The van der Waals surface area contributed by atoms with E-state index in [1.165, 1.54) is 0 Å². The summed E-state index contributed by atoms with van der Waals surface area (Å²) >= 11 is 0. The topological polar surface area (TPSA) is 83.5 Å². The monoisotopic (exact) mass is 320 g/mol. The predicted octanol–water partition coefficient (Wildman–Crippen LogP) is 3.13. The van der Waals surface area contributed by atoms with Crippen molar-refractivity contribution in [1.82, 2.24) is 19.5 Å². The lowest BCUT2D eigenvalue weighted by Gasteiger charge is -2.11. The van der Waals surface area contributed by atoms with E-state index in [9.17, 15) is 9.59 Å². The predicted molar refractivity (Wildman–Crippen MR) is 93.0 cm³/mol. The number of nitrogens with zero attached hydrogens (tertiary/aromatic N) is 2. The molecule has 0 radical (unpaired) electrons. The van der Waals surface area contributed by atoms with Gasteiger partial charge in [0.25, 0.3) is 0 Å². The van der Waals surface area contributed by atoms with Crippen molar-refractivity contribution < 1.29 is 4.79 Å². The van der Waals surface area contributed by atoms with E-state index in [-0.39, 0.29) is 11.6 Å². The van der Waals surface area contributed by atoms with Crippen molar-refractivity contribution in [3.8, 4) is 5.69 Å². The maximum absolute atomic E-state index is 11.5. The molecule has 24 heavy (non-hydrogen) atoms. The van der Waals surface area contributed by atoms with E-state index in [0.717, 1.165) is 39.9 Å². The minimum Gasteiger partial charge on any atom is -0.306 e. The Bertz CT molecular complexity index is 1130. The Morgan fingerprint density at radius 3 is 2.62 bits per heavy atom. The first kappa shape index (κ1) is 14.4.